The van der Waals surface area contributed by atoms with Gasteiger partial charge in [0, 0.05) is 35.8 Å². The molecule has 28 heavy (non-hydrogen) atoms. The molecule has 1 aromatic rings. The summed E-state index contributed by atoms with van der Waals surface area (Å²) < 4.78 is 10.6. The monoisotopic (exact) mass is 380 g/mol. The van der Waals surface area contributed by atoms with E-state index in [4.69, 9.17) is 9.47 Å². The van der Waals surface area contributed by atoms with Gasteiger partial charge in [-0.05, 0) is 30.5 Å². The molecule has 3 heterocycles. The maximum Gasteiger partial charge on any atom is 0.335 e. The van der Waals surface area contributed by atoms with E-state index in [2.05, 4.69) is 18.3 Å². The van der Waals surface area contributed by atoms with Crippen LogP contribution in [0, 0.1) is 11.8 Å². The fourth-order valence-corrected chi connectivity index (χ4v) is 6.00. The molecule has 0 saturated carbocycles. The smallest absolute Gasteiger partial charge is 0.335 e. The first-order valence-electron chi connectivity index (χ1n) is 9.84. The van der Waals surface area contributed by atoms with E-state index in [1.807, 2.05) is 23.1 Å². The summed E-state index contributed by atoms with van der Waals surface area (Å²) in [6.45, 7) is 2.78. The van der Waals surface area contributed by atoms with Crippen LogP contribution in [-0.4, -0.2) is 43.6 Å². The van der Waals surface area contributed by atoms with Gasteiger partial charge in [-0.2, -0.15) is 0 Å². The highest BCUT2D eigenvalue weighted by molar-refractivity contribution is 5.96. The summed E-state index contributed by atoms with van der Waals surface area (Å²) in [5.41, 5.74) is 3.33. The number of esters is 1. The van der Waals surface area contributed by atoms with Crippen molar-refractivity contribution >= 4 is 17.6 Å². The van der Waals surface area contributed by atoms with Crippen LogP contribution < -0.4 is 10.1 Å². The number of hydrogen-bond donors (Lipinski definition) is 1. The molecule has 1 amide bonds. The van der Waals surface area contributed by atoms with Crippen molar-refractivity contribution < 1.29 is 19.1 Å². The second-order valence-corrected chi connectivity index (χ2v) is 7.97. The van der Waals surface area contributed by atoms with Crippen molar-refractivity contribution in [3.63, 3.8) is 0 Å². The standard InChI is InChI=1S/C22H24N2O4/c1-4-13-14-6-8-17(25)24-10-9-22(20(14)24)15-7-5-12(27-2)11-16(15)23-19(22)18(13)21(26)28-3/h5-8,11,13-14,20,23H,4,9-10H2,1-3H3/t13-,14-,20-,22+/m0/s1. The van der Waals surface area contributed by atoms with Crippen LogP contribution in [0.2, 0.25) is 0 Å². The van der Waals surface area contributed by atoms with E-state index in [9.17, 15) is 9.59 Å². The van der Waals surface area contributed by atoms with E-state index in [1.54, 1.807) is 13.2 Å². The second-order valence-electron chi connectivity index (χ2n) is 7.97. The van der Waals surface area contributed by atoms with E-state index in [0.29, 0.717) is 6.54 Å². The van der Waals surface area contributed by atoms with Crippen LogP contribution in [0.5, 0.6) is 5.75 Å². The quantitative estimate of drug-likeness (QED) is 0.817. The van der Waals surface area contributed by atoms with Gasteiger partial charge in [0.25, 0.3) is 0 Å². The Hall–Kier alpha value is -2.76. The Balaban J connectivity index is 1.81. The van der Waals surface area contributed by atoms with Gasteiger partial charge >= 0.3 is 5.97 Å². The van der Waals surface area contributed by atoms with Crippen molar-refractivity contribution in [2.24, 2.45) is 11.8 Å². The Morgan fingerprint density at radius 3 is 2.89 bits per heavy atom. The lowest BCUT2D eigenvalue weighted by molar-refractivity contribution is -0.137. The van der Waals surface area contributed by atoms with Crippen LogP contribution in [0.4, 0.5) is 5.69 Å². The lowest BCUT2D eigenvalue weighted by Crippen LogP contribution is -2.56. The molecule has 1 aromatic carbocycles. The number of carbonyl (C=O) groups excluding carboxylic acids is 2. The SMILES string of the molecule is CC[C@@H]1C(C(=O)OC)=C2Nc3cc(OC)ccc3[C@]23CCN2C(=O)C=C[C@@H]1[C@H]23. The maximum absolute atomic E-state index is 12.9. The van der Waals surface area contributed by atoms with Crippen LogP contribution in [0.15, 0.2) is 41.6 Å². The number of methoxy groups -OCH3 is 2. The van der Waals surface area contributed by atoms with Crippen molar-refractivity contribution in [1.82, 2.24) is 4.90 Å². The molecular formula is C22H24N2O4. The van der Waals surface area contributed by atoms with Crippen LogP contribution in [-0.2, 0) is 19.7 Å². The topological polar surface area (TPSA) is 67.9 Å². The Bertz CT molecular complexity index is 950. The molecule has 0 aromatic heterocycles. The van der Waals surface area contributed by atoms with Crippen LogP contribution >= 0.6 is 0 Å². The Morgan fingerprint density at radius 1 is 1.36 bits per heavy atom. The zero-order valence-corrected chi connectivity index (χ0v) is 16.3. The number of rotatable bonds is 3. The number of ether oxygens (including phenoxy) is 2. The number of anilines is 1. The number of carbonyl (C=O) groups is 2. The minimum Gasteiger partial charge on any atom is -0.497 e. The van der Waals surface area contributed by atoms with Gasteiger partial charge in [0.05, 0.1) is 31.2 Å². The molecule has 0 radical (unpaired) electrons. The molecule has 1 fully saturated rings. The predicted molar refractivity (Wildman–Crippen MR) is 104 cm³/mol. The van der Waals surface area contributed by atoms with Gasteiger partial charge in [0.1, 0.15) is 5.75 Å². The summed E-state index contributed by atoms with van der Waals surface area (Å²) in [4.78, 5) is 27.6. The summed E-state index contributed by atoms with van der Waals surface area (Å²) >= 11 is 0. The minimum absolute atomic E-state index is 0.00855. The van der Waals surface area contributed by atoms with Crippen molar-refractivity contribution in [3.05, 3.63) is 47.2 Å². The first-order valence-corrected chi connectivity index (χ1v) is 9.84. The predicted octanol–water partition coefficient (Wildman–Crippen LogP) is 2.61. The third-order valence-electron chi connectivity index (χ3n) is 7.06. The molecule has 5 rings (SSSR count). The zero-order valence-electron chi connectivity index (χ0n) is 16.3. The van der Waals surface area contributed by atoms with Gasteiger partial charge in [-0.15, -0.1) is 0 Å². The highest BCUT2D eigenvalue weighted by Crippen LogP contribution is 2.61. The number of nitrogens with one attached hydrogen (secondary N) is 1. The van der Waals surface area contributed by atoms with Gasteiger partial charge in [0.2, 0.25) is 5.91 Å². The zero-order chi connectivity index (χ0) is 19.6. The number of hydrogen-bond acceptors (Lipinski definition) is 5. The molecule has 3 aliphatic heterocycles. The van der Waals surface area contributed by atoms with Crippen LogP contribution in [0.1, 0.15) is 25.3 Å². The molecule has 1 spiro atoms. The number of amides is 1. The number of fused-ring (bicyclic) bond motifs is 1. The van der Waals surface area contributed by atoms with E-state index in [0.717, 1.165) is 41.1 Å². The van der Waals surface area contributed by atoms with E-state index in [-0.39, 0.29) is 29.8 Å². The van der Waals surface area contributed by atoms with Gasteiger partial charge in [-0.1, -0.05) is 19.1 Å². The second kappa shape index (κ2) is 5.87. The lowest BCUT2D eigenvalue weighted by atomic mass is 9.58. The molecule has 4 aliphatic rings. The molecule has 6 heteroatoms. The van der Waals surface area contributed by atoms with Gasteiger partial charge < -0.3 is 19.7 Å². The highest BCUT2D eigenvalue weighted by Gasteiger charge is 2.64. The summed E-state index contributed by atoms with van der Waals surface area (Å²) in [7, 11) is 3.08. The first kappa shape index (κ1) is 17.3. The fraction of sp³-hybridized carbons (Fsp3) is 0.455. The minimum atomic E-state index is -0.401. The molecule has 1 aliphatic carbocycles. The van der Waals surface area contributed by atoms with Gasteiger partial charge in [0.15, 0.2) is 0 Å². The summed E-state index contributed by atoms with van der Waals surface area (Å²) in [6, 6.07) is 6.03. The molecule has 1 N–H and O–H groups in total. The van der Waals surface area contributed by atoms with Crippen molar-refractivity contribution in [2.75, 3.05) is 26.1 Å². The third kappa shape index (κ3) is 1.93. The normalized spacial score (nSPS) is 31.9. The first-order chi connectivity index (χ1) is 13.6. The molecule has 0 unspecified atom stereocenters. The van der Waals surface area contributed by atoms with E-state index in [1.165, 1.54) is 7.11 Å². The summed E-state index contributed by atoms with van der Waals surface area (Å²) in [6.07, 6.45) is 5.30. The van der Waals surface area contributed by atoms with Crippen molar-refractivity contribution in [2.45, 2.75) is 31.2 Å². The van der Waals surface area contributed by atoms with Gasteiger partial charge in [-0.25, -0.2) is 4.79 Å². The third-order valence-corrected chi connectivity index (χ3v) is 7.06. The Kier molecular flexibility index (Phi) is 3.63. The van der Waals surface area contributed by atoms with Crippen molar-refractivity contribution in [3.8, 4) is 5.75 Å². The average Bonchev–Trinajstić information content (AvgIpc) is 3.28. The largest absolute Gasteiger partial charge is 0.497 e. The van der Waals surface area contributed by atoms with Crippen LogP contribution in [0.3, 0.4) is 0 Å². The maximum atomic E-state index is 12.9. The van der Waals surface area contributed by atoms with Gasteiger partial charge in [-0.3, -0.25) is 4.79 Å². The molecule has 1 saturated heterocycles. The van der Waals surface area contributed by atoms with E-state index < -0.39 is 5.41 Å². The average molecular weight is 380 g/mol. The molecule has 146 valence electrons. The fourth-order valence-electron chi connectivity index (χ4n) is 6.00. The molecule has 4 atom stereocenters. The number of benzene rings is 1. The molecule has 6 nitrogen and oxygen atoms in total. The van der Waals surface area contributed by atoms with E-state index >= 15 is 0 Å². The highest BCUT2D eigenvalue weighted by atomic mass is 16.5. The number of nitrogens with zero attached hydrogens (tertiary/aromatic N) is 1. The summed E-state index contributed by atoms with van der Waals surface area (Å²) in [5.74, 6) is 0.651. The van der Waals surface area contributed by atoms with Crippen molar-refractivity contribution in [1.29, 1.82) is 0 Å². The lowest BCUT2D eigenvalue weighted by Gasteiger charge is -2.49. The molecule has 0 bridgehead atoms. The van der Waals surface area contributed by atoms with Crippen LogP contribution in [0.25, 0.3) is 0 Å². The summed E-state index contributed by atoms with van der Waals surface area (Å²) in [5, 5.41) is 3.54. The Morgan fingerprint density at radius 2 is 2.18 bits per heavy atom. The Labute approximate surface area is 164 Å². The molecular weight excluding hydrogens is 356 g/mol.